The zero-order valence-electron chi connectivity index (χ0n) is 10.4. The molecule has 1 heterocycles. The van der Waals surface area contributed by atoms with Crippen LogP contribution < -0.4 is 0 Å². The van der Waals surface area contributed by atoms with Gasteiger partial charge in [0.2, 0.25) is 0 Å². The monoisotopic (exact) mass is 277 g/mol. The maximum absolute atomic E-state index is 12.1. The number of thiophene rings is 1. The van der Waals surface area contributed by atoms with Crippen LogP contribution in [-0.4, -0.2) is 24.1 Å². The first-order valence-electron chi connectivity index (χ1n) is 5.62. The average molecular weight is 277 g/mol. The molecule has 0 atom stereocenters. The number of carbonyl (C=O) groups excluding carboxylic acids is 1. The highest BCUT2D eigenvalue weighted by atomic mass is 32.2. The van der Waals surface area contributed by atoms with Gasteiger partial charge in [-0.05, 0) is 35.4 Å². The number of amides is 1. The molecule has 0 saturated heterocycles. The minimum atomic E-state index is 0.0824. The van der Waals surface area contributed by atoms with Crippen molar-refractivity contribution in [3.05, 3.63) is 52.2 Å². The Hall–Kier alpha value is -1.26. The predicted molar refractivity (Wildman–Crippen MR) is 78.3 cm³/mol. The van der Waals surface area contributed by atoms with Crippen molar-refractivity contribution in [3.8, 4) is 0 Å². The van der Waals surface area contributed by atoms with E-state index in [-0.39, 0.29) is 5.91 Å². The number of benzene rings is 1. The van der Waals surface area contributed by atoms with Crippen molar-refractivity contribution in [2.75, 3.05) is 13.3 Å². The Morgan fingerprint density at radius 3 is 2.56 bits per heavy atom. The van der Waals surface area contributed by atoms with E-state index in [1.807, 2.05) is 24.6 Å². The van der Waals surface area contributed by atoms with Crippen LogP contribution in [0, 0.1) is 0 Å². The molecule has 0 N–H and O–H groups in total. The van der Waals surface area contributed by atoms with E-state index in [4.69, 9.17) is 0 Å². The number of hydrogen-bond acceptors (Lipinski definition) is 3. The van der Waals surface area contributed by atoms with Gasteiger partial charge in [-0.2, -0.15) is 0 Å². The Morgan fingerprint density at radius 1 is 1.28 bits per heavy atom. The molecule has 2 aromatic rings. The van der Waals surface area contributed by atoms with Crippen molar-refractivity contribution in [1.82, 2.24) is 4.90 Å². The van der Waals surface area contributed by atoms with E-state index < -0.39 is 0 Å². The van der Waals surface area contributed by atoms with Crippen molar-refractivity contribution in [2.45, 2.75) is 11.4 Å². The van der Waals surface area contributed by atoms with Crippen molar-refractivity contribution in [3.63, 3.8) is 0 Å². The molecule has 2 nitrogen and oxygen atoms in total. The maximum Gasteiger partial charge on any atom is 0.263 e. The van der Waals surface area contributed by atoms with Crippen molar-refractivity contribution < 1.29 is 4.79 Å². The van der Waals surface area contributed by atoms with Crippen LogP contribution in [0.2, 0.25) is 0 Å². The third-order valence-electron chi connectivity index (χ3n) is 2.66. The van der Waals surface area contributed by atoms with Gasteiger partial charge in [0.25, 0.3) is 5.91 Å². The second-order valence-corrected chi connectivity index (χ2v) is 5.81. The van der Waals surface area contributed by atoms with Crippen LogP contribution >= 0.6 is 23.1 Å². The molecule has 18 heavy (non-hydrogen) atoms. The molecule has 0 bridgehead atoms. The summed E-state index contributed by atoms with van der Waals surface area (Å²) in [6.45, 7) is 0.644. The molecule has 0 aliphatic heterocycles. The number of hydrogen-bond donors (Lipinski definition) is 0. The molecule has 4 heteroatoms. The molecular formula is C14H15NOS2. The van der Waals surface area contributed by atoms with E-state index in [0.29, 0.717) is 6.54 Å². The summed E-state index contributed by atoms with van der Waals surface area (Å²) in [5.74, 6) is 0.0824. The number of nitrogens with zero attached hydrogens (tertiary/aromatic N) is 1. The van der Waals surface area contributed by atoms with Crippen LogP contribution in [0.15, 0.2) is 46.7 Å². The minimum Gasteiger partial charge on any atom is -0.337 e. The second kappa shape index (κ2) is 6.07. The lowest BCUT2D eigenvalue weighted by Gasteiger charge is -2.16. The Balaban J connectivity index is 2.02. The van der Waals surface area contributed by atoms with E-state index in [0.717, 1.165) is 10.4 Å². The lowest BCUT2D eigenvalue weighted by molar-refractivity contribution is 0.0790. The zero-order chi connectivity index (χ0) is 13.0. The number of rotatable bonds is 4. The van der Waals surface area contributed by atoms with Gasteiger partial charge in [0.1, 0.15) is 0 Å². The summed E-state index contributed by atoms with van der Waals surface area (Å²) in [7, 11) is 1.84. The van der Waals surface area contributed by atoms with Crippen molar-refractivity contribution in [1.29, 1.82) is 0 Å². The lowest BCUT2D eigenvalue weighted by atomic mass is 10.2. The van der Waals surface area contributed by atoms with Gasteiger partial charge in [-0.1, -0.05) is 18.2 Å². The van der Waals surface area contributed by atoms with E-state index in [1.54, 1.807) is 16.7 Å². The SMILES string of the molecule is CSc1ccc(CN(C)C(=O)c2cccs2)cc1. The number of thioether (sulfide) groups is 1. The van der Waals surface area contributed by atoms with Gasteiger partial charge in [0, 0.05) is 18.5 Å². The Bertz CT molecular complexity index is 505. The summed E-state index contributed by atoms with van der Waals surface area (Å²) in [5, 5.41) is 1.92. The first kappa shape index (κ1) is 13.2. The van der Waals surface area contributed by atoms with Gasteiger partial charge >= 0.3 is 0 Å². The molecule has 0 fully saturated rings. The Labute approximate surface area is 116 Å². The van der Waals surface area contributed by atoms with Gasteiger partial charge in [-0.15, -0.1) is 23.1 Å². The third kappa shape index (κ3) is 3.15. The molecule has 0 saturated carbocycles. The summed E-state index contributed by atoms with van der Waals surface area (Å²) in [4.78, 5) is 15.8. The van der Waals surface area contributed by atoms with Crippen LogP contribution in [0.5, 0.6) is 0 Å². The topological polar surface area (TPSA) is 20.3 Å². The lowest BCUT2D eigenvalue weighted by Crippen LogP contribution is -2.25. The quantitative estimate of drug-likeness (QED) is 0.793. The molecular weight excluding hydrogens is 262 g/mol. The molecule has 2 rings (SSSR count). The summed E-state index contributed by atoms with van der Waals surface area (Å²) in [5.41, 5.74) is 1.15. The third-order valence-corrected chi connectivity index (χ3v) is 4.26. The van der Waals surface area contributed by atoms with Gasteiger partial charge in [-0.3, -0.25) is 4.79 Å². The van der Waals surface area contributed by atoms with Crippen LogP contribution in [0.4, 0.5) is 0 Å². The molecule has 94 valence electrons. The maximum atomic E-state index is 12.1. The van der Waals surface area contributed by atoms with Crippen molar-refractivity contribution >= 4 is 29.0 Å². The second-order valence-electron chi connectivity index (χ2n) is 3.99. The molecule has 1 amide bonds. The van der Waals surface area contributed by atoms with Crippen LogP contribution in [0.25, 0.3) is 0 Å². The highest BCUT2D eigenvalue weighted by Gasteiger charge is 2.12. The highest BCUT2D eigenvalue weighted by molar-refractivity contribution is 7.98. The summed E-state index contributed by atoms with van der Waals surface area (Å²) in [6.07, 6.45) is 2.06. The van der Waals surface area contributed by atoms with Gasteiger partial charge in [-0.25, -0.2) is 0 Å². The molecule has 0 aliphatic carbocycles. The van der Waals surface area contributed by atoms with Crippen molar-refractivity contribution in [2.24, 2.45) is 0 Å². The van der Waals surface area contributed by atoms with E-state index >= 15 is 0 Å². The fourth-order valence-electron chi connectivity index (χ4n) is 1.66. The van der Waals surface area contributed by atoms with Gasteiger partial charge in [0.15, 0.2) is 0 Å². The summed E-state index contributed by atoms with van der Waals surface area (Å²) in [6, 6.07) is 12.1. The molecule has 1 aromatic heterocycles. The largest absolute Gasteiger partial charge is 0.337 e. The molecule has 0 spiro atoms. The molecule has 0 unspecified atom stereocenters. The fourth-order valence-corrected chi connectivity index (χ4v) is 2.79. The standard InChI is InChI=1S/C14H15NOS2/c1-15(14(16)13-4-3-9-18-13)10-11-5-7-12(17-2)8-6-11/h3-9H,10H2,1-2H3. The zero-order valence-corrected chi connectivity index (χ0v) is 12.1. The predicted octanol–water partition coefficient (Wildman–Crippen LogP) is 3.74. The van der Waals surface area contributed by atoms with Gasteiger partial charge < -0.3 is 4.90 Å². The minimum absolute atomic E-state index is 0.0824. The normalized spacial score (nSPS) is 10.3. The fraction of sp³-hybridized carbons (Fsp3) is 0.214. The van der Waals surface area contributed by atoms with E-state index in [2.05, 4.69) is 30.5 Å². The molecule has 0 radical (unpaired) electrons. The summed E-state index contributed by atoms with van der Waals surface area (Å²) >= 11 is 3.20. The summed E-state index contributed by atoms with van der Waals surface area (Å²) < 4.78 is 0. The Kier molecular flexibility index (Phi) is 4.44. The van der Waals surface area contributed by atoms with Crippen LogP contribution in [0.1, 0.15) is 15.2 Å². The number of carbonyl (C=O) groups is 1. The first-order chi connectivity index (χ1) is 8.70. The average Bonchev–Trinajstić information content (AvgIpc) is 2.92. The molecule has 1 aromatic carbocycles. The first-order valence-corrected chi connectivity index (χ1v) is 7.73. The van der Waals surface area contributed by atoms with Crippen LogP contribution in [-0.2, 0) is 6.54 Å². The Morgan fingerprint density at radius 2 is 2.00 bits per heavy atom. The van der Waals surface area contributed by atoms with Gasteiger partial charge in [0.05, 0.1) is 4.88 Å². The highest BCUT2D eigenvalue weighted by Crippen LogP contribution is 2.17. The van der Waals surface area contributed by atoms with E-state index in [9.17, 15) is 4.79 Å². The van der Waals surface area contributed by atoms with E-state index in [1.165, 1.54) is 16.2 Å². The van der Waals surface area contributed by atoms with Crippen LogP contribution in [0.3, 0.4) is 0 Å². The molecule has 0 aliphatic rings. The smallest absolute Gasteiger partial charge is 0.263 e.